The summed E-state index contributed by atoms with van der Waals surface area (Å²) in [5.41, 5.74) is 1.89. The van der Waals surface area contributed by atoms with Crippen molar-refractivity contribution in [2.24, 2.45) is 5.92 Å². The van der Waals surface area contributed by atoms with Crippen LogP contribution in [-0.4, -0.2) is 86.6 Å². The summed E-state index contributed by atoms with van der Waals surface area (Å²) in [6.45, 7) is 3.77. The molecule has 3 heterocycles. The number of hydrogen-bond acceptors (Lipinski definition) is 7. The Morgan fingerprint density at radius 2 is 1.82 bits per heavy atom. The van der Waals surface area contributed by atoms with E-state index < -0.39 is 17.6 Å². The highest BCUT2D eigenvalue weighted by Crippen LogP contribution is 2.39. The Kier molecular flexibility index (Phi) is 8.61. The fourth-order valence-electron chi connectivity index (χ4n) is 5.17. The molecule has 2 aliphatic rings. The highest BCUT2D eigenvalue weighted by molar-refractivity contribution is 6.38. The molecular formula is C28H35FN4O5. The number of benzene rings is 1. The molecule has 1 fully saturated rings. The van der Waals surface area contributed by atoms with Crippen LogP contribution >= 0.6 is 0 Å². The number of piperidine rings is 1. The molecule has 0 saturated carbocycles. The van der Waals surface area contributed by atoms with E-state index in [0.29, 0.717) is 36.9 Å². The lowest BCUT2D eigenvalue weighted by molar-refractivity contribution is -0.144. The Bertz CT molecular complexity index is 1180. The average molecular weight is 527 g/mol. The van der Waals surface area contributed by atoms with Gasteiger partial charge in [0.15, 0.2) is 0 Å². The third-order valence-electron chi connectivity index (χ3n) is 7.47. The second-order valence-corrected chi connectivity index (χ2v) is 9.90. The first-order valence-electron chi connectivity index (χ1n) is 12.9. The molecule has 0 radical (unpaired) electrons. The van der Waals surface area contributed by atoms with E-state index in [1.165, 1.54) is 24.1 Å². The molecule has 2 aromatic rings. The third kappa shape index (κ3) is 5.65. The predicted octanol–water partition coefficient (Wildman–Crippen LogP) is 2.88. The largest absolute Gasteiger partial charge is 0.480 e. The summed E-state index contributed by atoms with van der Waals surface area (Å²) >= 11 is 0. The van der Waals surface area contributed by atoms with Crippen molar-refractivity contribution >= 4 is 23.4 Å². The normalized spacial score (nSPS) is 17.3. The van der Waals surface area contributed by atoms with Gasteiger partial charge in [-0.25, -0.2) is 4.39 Å². The number of anilines is 1. The van der Waals surface area contributed by atoms with Crippen LogP contribution in [0.25, 0.3) is 0 Å². The summed E-state index contributed by atoms with van der Waals surface area (Å²) in [6, 6.07) is 8.22. The smallest absolute Gasteiger partial charge is 0.290 e. The number of ketones is 1. The van der Waals surface area contributed by atoms with Crippen LogP contribution in [0.4, 0.5) is 10.2 Å². The fraction of sp³-hybridized carbons (Fsp3) is 0.500. The molecule has 38 heavy (non-hydrogen) atoms. The lowest BCUT2D eigenvalue weighted by Gasteiger charge is -2.32. The van der Waals surface area contributed by atoms with E-state index in [4.69, 9.17) is 9.47 Å². The zero-order valence-corrected chi connectivity index (χ0v) is 22.4. The van der Waals surface area contributed by atoms with Gasteiger partial charge in [-0.15, -0.1) is 0 Å². The Labute approximate surface area is 222 Å². The molecule has 9 nitrogen and oxygen atoms in total. The molecule has 2 aliphatic heterocycles. The molecule has 2 amide bonds. The maximum atomic E-state index is 13.6. The summed E-state index contributed by atoms with van der Waals surface area (Å²) in [4.78, 5) is 49.0. The number of fused-ring (bicyclic) bond motifs is 1. The van der Waals surface area contributed by atoms with E-state index in [-0.39, 0.29) is 36.4 Å². The number of nitrogens with zero attached hydrogens (tertiary/aromatic N) is 4. The molecule has 4 rings (SSSR count). The number of hydrogen-bond donors (Lipinski definition) is 0. The zero-order valence-electron chi connectivity index (χ0n) is 22.4. The van der Waals surface area contributed by atoms with E-state index in [9.17, 15) is 18.8 Å². The zero-order chi connectivity index (χ0) is 27.4. The minimum atomic E-state index is -0.756. The predicted molar refractivity (Wildman–Crippen MR) is 140 cm³/mol. The molecule has 1 aromatic carbocycles. The maximum Gasteiger partial charge on any atom is 0.290 e. The van der Waals surface area contributed by atoms with E-state index >= 15 is 0 Å². The Hall–Kier alpha value is -3.53. The van der Waals surface area contributed by atoms with E-state index in [2.05, 4.69) is 4.98 Å². The fourth-order valence-corrected chi connectivity index (χ4v) is 5.17. The Morgan fingerprint density at radius 3 is 2.42 bits per heavy atom. The van der Waals surface area contributed by atoms with Gasteiger partial charge >= 0.3 is 0 Å². The van der Waals surface area contributed by atoms with Crippen LogP contribution in [-0.2, 0) is 20.7 Å². The number of pyridine rings is 1. The van der Waals surface area contributed by atoms with Gasteiger partial charge in [-0.3, -0.25) is 14.4 Å². The monoisotopic (exact) mass is 526 g/mol. The number of rotatable bonds is 9. The summed E-state index contributed by atoms with van der Waals surface area (Å²) in [7, 11) is 4.59. The van der Waals surface area contributed by atoms with Crippen LogP contribution in [0.1, 0.15) is 47.2 Å². The van der Waals surface area contributed by atoms with Crippen LogP contribution in [0.3, 0.4) is 0 Å². The Morgan fingerprint density at radius 1 is 1.13 bits per heavy atom. The van der Waals surface area contributed by atoms with Gasteiger partial charge in [0.05, 0.1) is 13.0 Å². The van der Waals surface area contributed by atoms with Crippen molar-refractivity contribution in [3.8, 4) is 5.88 Å². The van der Waals surface area contributed by atoms with E-state index in [1.807, 2.05) is 12.1 Å². The number of carbonyl (C=O) groups excluding carboxylic acids is 3. The highest BCUT2D eigenvalue weighted by atomic mass is 19.1. The average Bonchev–Trinajstić information content (AvgIpc) is 3.29. The molecule has 0 aliphatic carbocycles. The molecule has 1 aromatic heterocycles. The molecule has 204 valence electrons. The van der Waals surface area contributed by atoms with Gasteiger partial charge < -0.3 is 24.2 Å². The number of aromatic nitrogens is 1. The molecular weight excluding hydrogens is 491 g/mol. The number of amides is 2. The van der Waals surface area contributed by atoms with Crippen molar-refractivity contribution in [2.45, 2.75) is 32.1 Å². The van der Waals surface area contributed by atoms with Gasteiger partial charge in [0.25, 0.3) is 11.8 Å². The maximum absolute atomic E-state index is 13.6. The quantitative estimate of drug-likeness (QED) is 0.464. The van der Waals surface area contributed by atoms with Crippen molar-refractivity contribution in [3.05, 3.63) is 52.8 Å². The number of likely N-dealkylation sites (N-methyl/N-ethyl adjacent to an activating group) is 1. The van der Waals surface area contributed by atoms with Crippen LogP contribution in [0.15, 0.2) is 30.3 Å². The molecule has 0 spiro atoms. The van der Waals surface area contributed by atoms with E-state index in [0.717, 1.165) is 24.8 Å². The van der Waals surface area contributed by atoms with Gasteiger partial charge in [0.2, 0.25) is 11.7 Å². The summed E-state index contributed by atoms with van der Waals surface area (Å²) in [6.07, 6.45) is 2.49. The number of halogens is 1. The van der Waals surface area contributed by atoms with Crippen molar-refractivity contribution in [1.82, 2.24) is 14.8 Å². The number of ether oxygens (including phenoxy) is 2. The SMILES string of the molecule is CCN(C)C(=O)C(=O)C1CN(COC)c2nc(OC)c(C(=O)N3CCC(Cc4ccc(F)cc4)CC3)cc21. The van der Waals surface area contributed by atoms with Crippen molar-refractivity contribution < 1.29 is 28.2 Å². The van der Waals surface area contributed by atoms with Gasteiger partial charge in [0.1, 0.15) is 23.9 Å². The number of Topliss-reactive ketones (excluding diaryl/α,β-unsaturated/α-hetero) is 1. The number of carbonyl (C=O) groups is 3. The third-order valence-corrected chi connectivity index (χ3v) is 7.47. The molecule has 1 atom stereocenters. The van der Waals surface area contributed by atoms with Crippen LogP contribution in [0.5, 0.6) is 5.88 Å². The molecule has 10 heteroatoms. The first-order valence-corrected chi connectivity index (χ1v) is 12.9. The lowest BCUT2D eigenvalue weighted by Crippen LogP contribution is -2.39. The molecule has 0 N–H and O–H groups in total. The van der Waals surface area contributed by atoms with Gasteiger partial charge in [0, 0.05) is 45.9 Å². The first-order chi connectivity index (χ1) is 18.3. The van der Waals surface area contributed by atoms with Gasteiger partial charge in [-0.05, 0) is 55.9 Å². The van der Waals surface area contributed by atoms with Crippen molar-refractivity contribution in [1.29, 1.82) is 0 Å². The van der Waals surface area contributed by atoms with Crippen molar-refractivity contribution in [3.63, 3.8) is 0 Å². The minimum Gasteiger partial charge on any atom is -0.480 e. The van der Waals surface area contributed by atoms with Crippen molar-refractivity contribution in [2.75, 3.05) is 59.1 Å². The number of methoxy groups -OCH3 is 2. The van der Waals surface area contributed by atoms with Gasteiger partial charge in [-0.1, -0.05) is 12.1 Å². The molecule has 0 bridgehead atoms. The Balaban J connectivity index is 1.54. The van der Waals surface area contributed by atoms with Gasteiger partial charge in [-0.2, -0.15) is 4.98 Å². The van der Waals surface area contributed by atoms with Crippen LogP contribution < -0.4 is 9.64 Å². The van der Waals surface area contributed by atoms with Crippen LogP contribution in [0.2, 0.25) is 0 Å². The summed E-state index contributed by atoms with van der Waals surface area (Å²) in [5, 5.41) is 0. The second kappa shape index (κ2) is 11.9. The van der Waals surface area contributed by atoms with E-state index in [1.54, 1.807) is 36.9 Å². The summed E-state index contributed by atoms with van der Waals surface area (Å²) in [5.74, 6) is -1.29. The second-order valence-electron chi connectivity index (χ2n) is 9.90. The van der Waals surface area contributed by atoms with Crippen LogP contribution in [0, 0.1) is 11.7 Å². The number of likely N-dealkylation sites (tertiary alicyclic amines) is 1. The highest BCUT2D eigenvalue weighted by Gasteiger charge is 2.40. The lowest BCUT2D eigenvalue weighted by atomic mass is 9.90. The standard InChI is InChI=1S/C28H35FN4O5/c1-5-31(2)28(36)24(34)23-16-33(17-37-3)25-21(23)15-22(26(30-25)38-4)27(35)32-12-10-19(11-13-32)14-18-6-8-20(29)9-7-18/h6-9,15,19,23H,5,10-14,16-17H2,1-4H3. The molecule has 1 saturated heterocycles. The topological polar surface area (TPSA) is 92.3 Å². The summed E-state index contributed by atoms with van der Waals surface area (Å²) < 4.78 is 24.0. The molecule has 1 unspecified atom stereocenters. The first kappa shape index (κ1) is 27.5. The minimum absolute atomic E-state index is 0.174.